The van der Waals surface area contributed by atoms with Crippen molar-refractivity contribution >= 4 is 22.6 Å². The van der Waals surface area contributed by atoms with Gasteiger partial charge in [-0.1, -0.05) is 42.5 Å². The molecule has 2 rings (SSSR count). The fraction of sp³-hybridized carbons (Fsp3) is 0.294. The summed E-state index contributed by atoms with van der Waals surface area (Å²) >= 11 is 0. The van der Waals surface area contributed by atoms with Crippen LogP contribution in [-0.4, -0.2) is 29.2 Å². The van der Waals surface area contributed by atoms with Crippen molar-refractivity contribution in [1.82, 2.24) is 5.32 Å². The maximum Gasteiger partial charge on any atom is 0.490 e. The standard InChI is InChI=1S/C15H18N2O.C2HF3O2/c1-11(16)9-15(18)17-10-13-7-4-6-12-5-2-3-8-14(12)13;3-2(4,5)1(6)7/h2-8,11H,9-10,16H2,1H3,(H,17,18);(H,6,7). The number of rotatable bonds is 4. The van der Waals surface area contributed by atoms with Crippen molar-refractivity contribution < 1.29 is 27.9 Å². The van der Waals surface area contributed by atoms with Crippen molar-refractivity contribution in [1.29, 1.82) is 0 Å². The van der Waals surface area contributed by atoms with Crippen LogP contribution < -0.4 is 11.1 Å². The molecular weight excluding hydrogens is 337 g/mol. The molecule has 2 aromatic rings. The van der Waals surface area contributed by atoms with Crippen LogP contribution in [0.1, 0.15) is 18.9 Å². The zero-order valence-electron chi connectivity index (χ0n) is 13.5. The van der Waals surface area contributed by atoms with Crippen molar-refractivity contribution in [3.63, 3.8) is 0 Å². The van der Waals surface area contributed by atoms with Gasteiger partial charge in [0.25, 0.3) is 0 Å². The number of hydrogen-bond acceptors (Lipinski definition) is 3. The Morgan fingerprint density at radius 1 is 1.16 bits per heavy atom. The lowest BCUT2D eigenvalue weighted by atomic mass is 10.0. The summed E-state index contributed by atoms with van der Waals surface area (Å²) in [6, 6.07) is 14.2. The molecule has 25 heavy (non-hydrogen) atoms. The lowest BCUT2D eigenvalue weighted by molar-refractivity contribution is -0.192. The van der Waals surface area contributed by atoms with E-state index in [1.54, 1.807) is 0 Å². The Morgan fingerprint density at radius 3 is 2.28 bits per heavy atom. The molecule has 0 aliphatic heterocycles. The Hall–Kier alpha value is -2.61. The van der Waals surface area contributed by atoms with Crippen molar-refractivity contribution in [2.45, 2.75) is 32.1 Å². The van der Waals surface area contributed by atoms with Crippen LogP contribution in [-0.2, 0) is 16.1 Å². The molecule has 0 fully saturated rings. The summed E-state index contributed by atoms with van der Waals surface area (Å²) in [6.07, 6.45) is -4.72. The van der Waals surface area contributed by atoms with Crippen molar-refractivity contribution in [3.05, 3.63) is 48.0 Å². The topological polar surface area (TPSA) is 92.4 Å². The third-order valence-electron chi connectivity index (χ3n) is 3.11. The monoisotopic (exact) mass is 356 g/mol. The number of carbonyl (C=O) groups is 2. The Balaban J connectivity index is 0.000000381. The molecule has 0 spiro atoms. The number of carboxylic acids is 1. The van der Waals surface area contributed by atoms with Gasteiger partial charge in [0, 0.05) is 19.0 Å². The molecule has 1 amide bonds. The van der Waals surface area contributed by atoms with Crippen LogP contribution in [0.3, 0.4) is 0 Å². The fourth-order valence-electron chi connectivity index (χ4n) is 2.01. The first-order valence-corrected chi connectivity index (χ1v) is 7.40. The normalized spacial score (nSPS) is 12.0. The average Bonchev–Trinajstić information content (AvgIpc) is 2.52. The molecule has 0 aliphatic rings. The lowest BCUT2D eigenvalue weighted by Crippen LogP contribution is -2.29. The minimum absolute atomic E-state index is 0.00191. The summed E-state index contributed by atoms with van der Waals surface area (Å²) in [5.41, 5.74) is 6.72. The molecule has 0 aromatic heterocycles. The smallest absolute Gasteiger partial charge is 0.475 e. The molecule has 0 saturated carbocycles. The first-order chi connectivity index (χ1) is 11.6. The maximum atomic E-state index is 11.6. The second-order valence-electron chi connectivity index (χ2n) is 5.40. The van der Waals surface area contributed by atoms with Gasteiger partial charge in [-0.15, -0.1) is 0 Å². The number of fused-ring (bicyclic) bond motifs is 1. The maximum absolute atomic E-state index is 11.6. The third kappa shape index (κ3) is 7.21. The number of carboxylic acid groups (broad SMARTS) is 1. The number of nitrogens with one attached hydrogen (secondary N) is 1. The number of benzene rings is 2. The SMILES string of the molecule is CC(N)CC(=O)NCc1cccc2ccccc12.O=C(O)C(F)(F)F. The number of carbonyl (C=O) groups excluding carboxylic acids is 1. The molecule has 2 aromatic carbocycles. The van der Waals surface area contributed by atoms with E-state index in [0.29, 0.717) is 13.0 Å². The highest BCUT2D eigenvalue weighted by atomic mass is 19.4. The van der Waals surface area contributed by atoms with Crippen LogP contribution in [0.2, 0.25) is 0 Å². The van der Waals surface area contributed by atoms with Gasteiger partial charge in [0.05, 0.1) is 0 Å². The largest absolute Gasteiger partial charge is 0.490 e. The Morgan fingerprint density at radius 2 is 1.72 bits per heavy atom. The summed E-state index contributed by atoms with van der Waals surface area (Å²) in [4.78, 5) is 20.5. The molecule has 0 bridgehead atoms. The van der Waals surface area contributed by atoms with Crippen LogP contribution in [0.4, 0.5) is 13.2 Å². The van der Waals surface area contributed by atoms with Gasteiger partial charge in [-0.25, -0.2) is 4.79 Å². The first-order valence-electron chi connectivity index (χ1n) is 7.40. The molecule has 0 saturated heterocycles. The fourth-order valence-corrected chi connectivity index (χ4v) is 2.01. The summed E-state index contributed by atoms with van der Waals surface area (Å²) in [6.45, 7) is 2.38. The third-order valence-corrected chi connectivity index (χ3v) is 3.11. The predicted octanol–water partition coefficient (Wildman–Crippen LogP) is 2.83. The van der Waals surface area contributed by atoms with E-state index in [-0.39, 0.29) is 11.9 Å². The average molecular weight is 356 g/mol. The van der Waals surface area contributed by atoms with E-state index in [9.17, 15) is 18.0 Å². The number of amides is 1. The Kier molecular flexibility index (Phi) is 7.38. The van der Waals surface area contributed by atoms with E-state index in [4.69, 9.17) is 15.6 Å². The highest BCUT2D eigenvalue weighted by molar-refractivity contribution is 5.86. The van der Waals surface area contributed by atoms with E-state index in [0.717, 1.165) is 5.56 Å². The van der Waals surface area contributed by atoms with E-state index in [1.165, 1.54) is 10.8 Å². The van der Waals surface area contributed by atoms with Crippen molar-refractivity contribution in [3.8, 4) is 0 Å². The van der Waals surface area contributed by atoms with Gasteiger partial charge in [0.1, 0.15) is 0 Å². The van der Waals surface area contributed by atoms with E-state index >= 15 is 0 Å². The summed E-state index contributed by atoms with van der Waals surface area (Å²) < 4.78 is 31.7. The van der Waals surface area contributed by atoms with Crippen LogP contribution >= 0.6 is 0 Å². The lowest BCUT2D eigenvalue weighted by Gasteiger charge is -2.09. The molecule has 0 radical (unpaired) electrons. The summed E-state index contributed by atoms with van der Waals surface area (Å²) in [7, 11) is 0. The Labute approximate surface area is 142 Å². The number of alkyl halides is 3. The summed E-state index contributed by atoms with van der Waals surface area (Å²) in [5, 5.41) is 12.4. The molecule has 136 valence electrons. The van der Waals surface area contributed by atoms with Gasteiger partial charge < -0.3 is 16.2 Å². The quantitative estimate of drug-likeness (QED) is 0.785. The van der Waals surface area contributed by atoms with Gasteiger partial charge in [0.15, 0.2) is 0 Å². The highest BCUT2D eigenvalue weighted by Crippen LogP contribution is 2.18. The van der Waals surface area contributed by atoms with Crippen LogP contribution in [0.25, 0.3) is 10.8 Å². The second kappa shape index (κ2) is 9.03. The van der Waals surface area contributed by atoms with Crippen molar-refractivity contribution in [2.24, 2.45) is 5.73 Å². The van der Waals surface area contributed by atoms with E-state index in [1.807, 2.05) is 31.2 Å². The zero-order valence-corrected chi connectivity index (χ0v) is 13.5. The van der Waals surface area contributed by atoms with Gasteiger partial charge >= 0.3 is 12.1 Å². The van der Waals surface area contributed by atoms with E-state index in [2.05, 4.69) is 23.5 Å². The molecule has 5 nitrogen and oxygen atoms in total. The molecule has 0 heterocycles. The number of aliphatic carboxylic acids is 1. The number of hydrogen-bond donors (Lipinski definition) is 3. The number of nitrogens with two attached hydrogens (primary N) is 1. The minimum atomic E-state index is -5.08. The first kappa shape index (κ1) is 20.4. The molecule has 8 heteroatoms. The minimum Gasteiger partial charge on any atom is -0.475 e. The van der Waals surface area contributed by atoms with Gasteiger partial charge in [-0.2, -0.15) is 13.2 Å². The zero-order chi connectivity index (χ0) is 19.0. The van der Waals surface area contributed by atoms with Crippen molar-refractivity contribution in [2.75, 3.05) is 0 Å². The van der Waals surface area contributed by atoms with Gasteiger partial charge in [-0.05, 0) is 23.3 Å². The van der Waals surface area contributed by atoms with Gasteiger partial charge in [0.2, 0.25) is 5.91 Å². The van der Waals surface area contributed by atoms with Crippen LogP contribution in [0.15, 0.2) is 42.5 Å². The van der Waals surface area contributed by atoms with Gasteiger partial charge in [-0.3, -0.25) is 4.79 Å². The number of halogens is 3. The molecule has 1 unspecified atom stereocenters. The highest BCUT2D eigenvalue weighted by Gasteiger charge is 2.38. The summed E-state index contributed by atoms with van der Waals surface area (Å²) in [5.74, 6) is -2.76. The van der Waals surface area contributed by atoms with E-state index < -0.39 is 12.1 Å². The van der Waals surface area contributed by atoms with Crippen LogP contribution in [0.5, 0.6) is 0 Å². The molecule has 4 N–H and O–H groups in total. The molecular formula is C17H19F3N2O3. The molecule has 0 aliphatic carbocycles. The molecule has 1 atom stereocenters. The van der Waals surface area contributed by atoms with Crippen LogP contribution in [0, 0.1) is 0 Å². The second-order valence-corrected chi connectivity index (χ2v) is 5.40. The predicted molar refractivity (Wildman–Crippen MR) is 87.8 cm³/mol. The Bertz CT molecular complexity index is 725.